The van der Waals surface area contributed by atoms with Gasteiger partial charge in [-0.05, 0) is 17.2 Å². The first-order valence-electron chi connectivity index (χ1n) is 10.8. The van der Waals surface area contributed by atoms with E-state index >= 15 is 0 Å². The van der Waals surface area contributed by atoms with Crippen LogP contribution in [0.4, 0.5) is 21.0 Å². The normalized spacial score (nSPS) is 13.3. The van der Waals surface area contributed by atoms with Gasteiger partial charge in [0.15, 0.2) is 0 Å². The van der Waals surface area contributed by atoms with Gasteiger partial charge in [0.05, 0.1) is 23.8 Å². The zero-order valence-corrected chi connectivity index (χ0v) is 18.2. The van der Waals surface area contributed by atoms with Gasteiger partial charge in [-0.25, -0.2) is 9.59 Å². The van der Waals surface area contributed by atoms with Crippen LogP contribution in [-0.4, -0.2) is 48.2 Å². The minimum absolute atomic E-state index is 0.197. The van der Waals surface area contributed by atoms with Crippen LogP contribution in [0.5, 0.6) is 0 Å². The van der Waals surface area contributed by atoms with Crippen LogP contribution < -0.4 is 10.2 Å². The Morgan fingerprint density at radius 1 is 0.818 bits per heavy atom. The molecule has 1 saturated heterocycles. The number of amides is 2. The molecule has 0 aliphatic carbocycles. The van der Waals surface area contributed by atoms with Crippen molar-refractivity contribution in [3.63, 3.8) is 0 Å². The van der Waals surface area contributed by atoms with E-state index in [9.17, 15) is 9.59 Å². The largest absolute Gasteiger partial charge is 0.445 e. The van der Waals surface area contributed by atoms with Crippen molar-refractivity contribution < 1.29 is 19.1 Å². The zero-order valence-electron chi connectivity index (χ0n) is 18.2. The molecule has 1 aliphatic heterocycles. The molecule has 8 nitrogen and oxygen atoms in total. The fourth-order valence-corrected chi connectivity index (χ4v) is 3.50. The molecule has 0 saturated carbocycles. The molecule has 3 aromatic rings. The number of pyridine rings is 1. The van der Waals surface area contributed by atoms with Crippen LogP contribution in [0.15, 0.2) is 79.1 Å². The van der Waals surface area contributed by atoms with E-state index in [0.717, 1.165) is 16.8 Å². The molecule has 0 bridgehead atoms. The maximum Gasteiger partial charge on any atom is 0.412 e. The van der Waals surface area contributed by atoms with Crippen LogP contribution >= 0.6 is 0 Å². The number of nitrogens with zero attached hydrogens (tertiary/aromatic N) is 3. The first-order valence-corrected chi connectivity index (χ1v) is 10.8. The van der Waals surface area contributed by atoms with Crippen molar-refractivity contribution in [2.75, 3.05) is 36.4 Å². The number of anilines is 2. The Bertz CT molecular complexity index is 1050. The second-order valence-electron chi connectivity index (χ2n) is 7.63. The van der Waals surface area contributed by atoms with Gasteiger partial charge in [0.2, 0.25) is 0 Å². The van der Waals surface area contributed by atoms with Crippen LogP contribution in [0, 0.1) is 0 Å². The lowest BCUT2D eigenvalue weighted by Gasteiger charge is -2.35. The van der Waals surface area contributed by atoms with Gasteiger partial charge in [-0.1, -0.05) is 60.7 Å². The number of nitrogens with one attached hydrogen (secondary N) is 1. The number of hydrogen-bond acceptors (Lipinski definition) is 6. The van der Waals surface area contributed by atoms with Crippen molar-refractivity contribution in [1.82, 2.24) is 9.88 Å². The minimum atomic E-state index is -0.538. The second kappa shape index (κ2) is 11.0. The van der Waals surface area contributed by atoms with Gasteiger partial charge in [-0.2, -0.15) is 0 Å². The molecule has 2 heterocycles. The van der Waals surface area contributed by atoms with Crippen LogP contribution in [0.1, 0.15) is 11.1 Å². The zero-order chi connectivity index (χ0) is 22.9. The van der Waals surface area contributed by atoms with E-state index in [1.165, 1.54) is 0 Å². The molecule has 0 radical (unpaired) electrons. The predicted molar refractivity (Wildman–Crippen MR) is 125 cm³/mol. The number of rotatable bonds is 6. The Hall–Kier alpha value is -4.07. The number of carbonyl (C=O) groups is 2. The second-order valence-corrected chi connectivity index (χ2v) is 7.63. The summed E-state index contributed by atoms with van der Waals surface area (Å²) in [5.74, 6) is 0. The summed E-state index contributed by atoms with van der Waals surface area (Å²) in [6.07, 6.45) is 2.46. The Morgan fingerprint density at radius 3 is 2.06 bits per heavy atom. The molecule has 2 aromatic carbocycles. The average molecular weight is 447 g/mol. The van der Waals surface area contributed by atoms with Gasteiger partial charge in [-0.3, -0.25) is 10.3 Å². The van der Waals surface area contributed by atoms with Crippen molar-refractivity contribution >= 4 is 23.6 Å². The van der Waals surface area contributed by atoms with Crippen LogP contribution in [0.3, 0.4) is 0 Å². The van der Waals surface area contributed by atoms with Gasteiger partial charge in [-0.15, -0.1) is 0 Å². The summed E-state index contributed by atoms with van der Waals surface area (Å²) >= 11 is 0. The summed E-state index contributed by atoms with van der Waals surface area (Å²) in [5.41, 5.74) is 3.30. The summed E-state index contributed by atoms with van der Waals surface area (Å²) in [7, 11) is 0. The fraction of sp³-hybridized carbons (Fsp3) is 0.240. The highest BCUT2D eigenvalue weighted by Gasteiger charge is 2.23. The molecule has 1 aliphatic rings. The lowest BCUT2D eigenvalue weighted by molar-refractivity contribution is 0.0942. The third kappa shape index (κ3) is 6.46. The number of piperazine rings is 1. The fourth-order valence-electron chi connectivity index (χ4n) is 3.50. The lowest BCUT2D eigenvalue weighted by Crippen LogP contribution is -2.49. The highest BCUT2D eigenvalue weighted by Crippen LogP contribution is 2.20. The first kappa shape index (κ1) is 22.1. The Kier molecular flexibility index (Phi) is 7.37. The maximum atomic E-state index is 12.4. The van der Waals surface area contributed by atoms with E-state index in [2.05, 4.69) is 15.2 Å². The molecule has 1 fully saturated rings. The summed E-state index contributed by atoms with van der Waals surface area (Å²) in [6.45, 7) is 2.84. The molecule has 33 heavy (non-hydrogen) atoms. The van der Waals surface area contributed by atoms with Crippen molar-refractivity contribution in [3.8, 4) is 0 Å². The van der Waals surface area contributed by atoms with Gasteiger partial charge < -0.3 is 19.3 Å². The molecule has 0 atom stereocenters. The topological polar surface area (TPSA) is 84.0 Å². The van der Waals surface area contributed by atoms with Gasteiger partial charge in [0.1, 0.15) is 13.2 Å². The first-order chi connectivity index (χ1) is 16.2. The summed E-state index contributed by atoms with van der Waals surface area (Å²) < 4.78 is 10.7. The summed E-state index contributed by atoms with van der Waals surface area (Å²) in [6, 6.07) is 21.0. The third-order valence-electron chi connectivity index (χ3n) is 5.29. The molecular formula is C25H26N4O4. The third-order valence-corrected chi connectivity index (χ3v) is 5.29. The Balaban J connectivity index is 1.24. The quantitative estimate of drug-likeness (QED) is 0.608. The number of ether oxygens (including phenoxy) is 2. The van der Waals surface area contributed by atoms with Crippen molar-refractivity contribution in [2.45, 2.75) is 13.2 Å². The summed E-state index contributed by atoms with van der Waals surface area (Å²) in [4.78, 5) is 32.5. The van der Waals surface area contributed by atoms with E-state index in [0.29, 0.717) is 31.9 Å². The molecule has 1 N–H and O–H groups in total. The average Bonchev–Trinajstić information content (AvgIpc) is 2.87. The minimum Gasteiger partial charge on any atom is -0.445 e. The standard InChI is InChI=1S/C25H26N4O4/c30-24(32-18-20-7-3-1-4-8-20)27-22-15-23(17-26-16-22)28-11-13-29(14-12-28)25(31)33-19-21-9-5-2-6-10-21/h1-10,15-17H,11-14,18-19H2,(H,27,30). The van der Waals surface area contributed by atoms with Gasteiger partial charge in [0.25, 0.3) is 0 Å². The van der Waals surface area contributed by atoms with E-state index < -0.39 is 6.09 Å². The number of carbonyl (C=O) groups excluding carboxylic acids is 2. The highest BCUT2D eigenvalue weighted by molar-refractivity contribution is 5.85. The van der Waals surface area contributed by atoms with E-state index in [1.807, 2.05) is 66.7 Å². The number of benzene rings is 2. The van der Waals surface area contributed by atoms with Crippen LogP contribution in [-0.2, 0) is 22.7 Å². The van der Waals surface area contributed by atoms with E-state index in [-0.39, 0.29) is 19.3 Å². The monoisotopic (exact) mass is 446 g/mol. The predicted octanol–water partition coefficient (Wildman–Crippen LogP) is 4.29. The molecule has 0 spiro atoms. The molecule has 2 amide bonds. The molecule has 8 heteroatoms. The van der Waals surface area contributed by atoms with Gasteiger partial charge in [0, 0.05) is 26.2 Å². The molecule has 4 rings (SSSR count). The lowest BCUT2D eigenvalue weighted by atomic mass is 10.2. The Morgan fingerprint density at radius 2 is 1.42 bits per heavy atom. The number of aromatic nitrogens is 1. The van der Waals surface area contributed by atoms with Crippen molar-refractivity contribution in [1.29, 1.82) is 0 Å². The van der Waals surface area contributed by atoms with Crippen molar-refractivity contribution in [2.24, 2.45) is 0 Å². The molecule has 170 valence electrons. The SMILES string of the molecule is O=C(Nc1cncc(N2CCN(C(=O)OCc3ccccc3)CC2)c1)OCc1ccccc1. The highest BCUT2D eigenvalue weighted by atomic mass is 16.6. The van der Waals surface area contributed by atoms with Gasteiger partial charge >= 0.3 is 12.2 Å². The van der Waals surface area contributed by atoms with E-state index in [4.69, 9.17) is 9.47 Å². The summed E-state index contributed by atoms with van der Waals surface area (Å²) in [5, 5.41) is 2.72. The maximum absolute atomic E-state index is 12.4. The smallest absolute Gasteiger partial charge is 0.412 e. The Labute approximate surface area is 192 Å². The molecule has 1 aromatic heterocycles. The van der Waals surface area contributed by atoms with Crippen LogP contribution in [0.25, 0.3) is 0 Å². The number of hydrogen-bond donors (Lipinski definition) is 1. The molecular weight excluding hydrogens is 420 g/mol. The molecule has 0 unspecified atom stereocenters. The van der Waals surface area contributed by atoms with E-state index in [1.54, 1.807) is 17.3 Å². The van der Waals surface area contributed by atoms with Crippen molar-refractivity contribution in [3.05, 3.63) is 90.3 Å². The van der Waals surface area contributed by atoms with Crippen LogP contribution in [0.2, 0.25) is 0 Å².